The van der Waals surface area contributed by atoms with Gasteiger partial charge in [0.2, 0.25) is 0 Å². The smallest absolute Gasteiger partial charge is 0.287 e. The van der Waals surface area contributed by atoms with E-state index in [9.17, 15) is 4.79 Å². The Morgan fingerprint density at radius 3 is 2.76 bits per heavy atom. The van der Waals surface area contributed by atoms with Crippen LogP contribution in [0.4, 0.5) is 5.82 Å². The van der Waals surface area contributed by atoms with Crippen LogP contribution in [0.3, 0.4) is 0 Å². The van der Waals surface area contributed by atoms with Gasteiger partial charge in [-0.25, -0.2) is 15.0 Å². The predicted octanol–water partition coefficient (Wildman–Crippen LogP) is 3.17. The second-order valence-corrected chi connectivity index (χ2v) is 7.83. The number of nitrogens with zero attached hydrogens (tertiary/aromatic N) is 4. The summed E-state index contributed by atoms with van der Waals surface area (Å²) in [6.07, 6.45) is 6.09. The van der Waals surface area contributed by atoms with Gasteiger partial charge in [0.05, 0.1) is 6.04 Å². The van der Waals surface area contributed by atoms with Crippen LogP contribution in [0.25, 0.3) is 0 Å². The number of carbonyl (C=O) groups is 1. The second-order valence-electron chi connectivity index (χ2n) is 7.83. The Bertz CT molecular complexity index is 974. The number of carbonyl (C=O) groups excluding carboxylic acids is 1. The van der Waals surface area contributed by atoms with Crippen molar-refractivity contribution >= 4 is 11.7 Å². The molecule has 1 aliphatic rings. The lowest BCUT2D eigenvalue weighted by atomic mass is 9.99. The first-order valence-corrected chi connectivity index (χ1v) is 9.91. The van der Waals surface area contributed by atoms with E-state index in [1.165, 1.54) is 0 Å². The fourth-order valence-corrected chi connectivity index (χ4v) is 3.33. The Balaban J connectivity index is 1.65. The molecule has 0 radical (unpaired) electrons. The molecule has 0 spiro atoms. The van der Waals surface area contributed by atoms with E-state index in [4.69, 9.17) is 9.97 Å². The highest BCUT2D eigenvalue weighted by atomic mass is 16.2. The molecule has 1 aromatic carbocycles. The molecule has 1 amide bonds. The minimum atomic E-state index is -0.231. The average molecular weight is 390 g/mol. The summed E-state index contributed by atoms with van der Waals surface area (Å²) in [6.45, 7) is 2.05. The number of amides is 1. The maximum atomic E-state index is 12.7. The van der Waals surface area contributed by atoms with Gasteiger partial charge >= 0.3 is 0 Å². The number of nitrogens with one attached hydrogen (secondary N) is 2. The number of H-pyrrole nitrogens is 1. The van der Waals surface area contributed by atoms with E-state index in [0.29, 0.717) is 18.2 Å². The van der Waals surface area contributed by atoms with Crippen LogP contribution in [0.1, 0.15) is 58.1 Å². The zero-order valence-corrected chi connectivity index (χ0v) is 17.0. The first-order chi connectivity index (χ1) is 14.0. The molecule has 2 aromatic heterocycles. The Morgan fingerprint density at radius 2 is 2.10 bits per heavy atom. The van der Waals surface area contributed by atoms with Crippen LogP contribution in [0.15, 0.2) is 42.7 Å². The molecule has 0 bridgehead atoms. The molecule has 0 saturated heterocycles. The topological polar surface area (TPSA) is 86.8 Å². The van der Waals surface area contributed by atoms with E-state index >= 15 is 0 Å². The van der Waals surface area contributed by atoms with E-state index in [1.807, 2.05) is 37.2 Å². The third-order valence-electron chi connectivity index (χ3n) is 5.06. The molecule has 0 aliphatic heterocycles. The Morgan fingerprint density at radius 1 is 1.28 bits per heavy atom. The first-order valence-electron chi connectivity index (χ1n) is 9.91. The summed E-state index contributed by atoms with van der Waals surface area (Å²) >= 11 is 0. The van der Waals surface area contributed by atoms with Gasteiger partial charge in [-0.05, 0) is 25.3 Å². The number of hydrogen-bond donors (Lipinski definition) is 2. The first kappa shape index (κ1) is 19.1. The quantitative estimate of drug-likeness (QED) is 0.647. The van der Waals surface area contributed by atoms with Crippen LogP contribution >= 0.6 is 0 Å². The summed E-state index contributed by atoms with van der Waals surface area (Å²) in [4.78, 5) is 31.1. The van der Waals surface area contributed by atoms with Gasteiger partial charge in [0.15, 0.2) is 5.82 Å². The van der Waals surface area contributed by atoms with E-state index in [-0.39, 0.29) is 11.9 Å². The Kier molecular flexibility index (Phi) is 5.29. The molecule has 29 heavy (non-hydrogen) atoms. The second kappa shape index (κ2) is 8.03. The molecular formula is C22H26N6O. The number of anilines is 1. The van der Waals surface area contributed by atoms with Crippen molar-refractivity contribution in [3.8, 4) is 0 Å². The highest BCUT2D eigenvalue weighted by Crippen LogP contribution is 2.38. The molecule has 2 heterocycles. The van der Waals surface area contributed by atoms with Crippen LogP contribution in [0.2, 0.25) is 0 Å². The third kappa shape index (κ3) is 4.62. The van der Waals surface area contributed by atoms with Crippen molar-refractivity contribution < 1.29 is 4.79 Å². The molecule has 150 valence electrons. The van der Waals surface area contributed by atoms with Crippen LogP contribution in [0.5, 0.6) is 0 Å². The molecule has 3 aromatic rings. The standard InChI is InChI=1S/C22H26N6O/c1-14-5-4-6-16(11-14)18(26-22(29)21-23-9-10-24-21)12-17-13-19(28(2)3)27-20(25-17)15-7-8-15/h4-6,9-11,13,15,18H,7-8,12H2,1-3H3,(H,23,24)(H,26,29)/t18-/m0/s1. The van der Waals surface area contributed by atoms with Gasteiger partial charge in [0.1, 0.15) is 11.6 Å². The van der Waals surface area contributed by atoms with Crippen molar-refractivity contribution in [2.24, 2.45) is 0 Å². The average Bonchev–Trinajstić information content (AvgIpc) is 3.41. The molecule has 1 fully saturated rings. The van der Waals surface area contributed by atoms with Crippen molar-refractivity contribution in [2.45, 2.75) is 38.1 Å². The maximum absolute atomic E-state index is 12.7. The zero-order valence-electron chi connectivity index (χ0n) is 17.0. The van der Waals surface area contributed by atoms with Crippen molar-refractivity contribution in [3.05, 3.63) is 71.2 Å². The number of rotatable bonds is 7. The number of hydrogen-bond acceptors (Lipinski definition) is 5. The fourth-order valence-electron chi connectivity index (χ4n) is 3.33. The van der Waals surface area contributed by atoms with Gasteiger partial charge in [-0.15, -0.1) is 0 Å². The molecular weight excluding hydrogens is 364 g/mol. The van der Waals surface area contributed by atoms with Crippen LogP contribution in [-0.2, 0) is 6.42 Å². The summed E-state index contributed by atoms with van der Waals surface area (Å²) in [7, 11) is 3.97. The van der Waals surface area contributed by atoms with Gasteiger partial charge in [0, 0.05) is 50.6 Å². The molecule has 0 unspecified atom stereocenters. The highest BCUT2D eigenvalue weighted by Gasteiger charge is 2.28. The molecule has 7 heteroatoms. The summed E-state index contributed by atoms with van der Waals surface area (Å²) < 4.78 is 0. The lowest BCUT2D eigenvalue weighted by molar-refractivity contribution is 0.0926. The highest BCUT2D eigenvalue weighted by molar-refractivity contribution is 5.90. The molecule has 1 atom stereocenters. The van der Waals surface area contributed by atoms with Gasteiger partial charge in [0.25, 0.3) is 5.91 Å². The summed E-state index contributed by atoms with van der Waals surface area (Å²) in [5.74, 6) is 2.34. The summed E-state index contributed by atoms with van der Waals surface area (Å²) in [5.41, 5.74) is 3.12. The minimum absolute atomic E-state index is 0.218. The van der Waals surface area contributed by atoms with Gasteiger partial charge < -0.3 is 15.2 Å². The fraction of sp³-hybridized carbons (Fsp3) is 0.364. The lowest BCUT2D eigenvalue weighted by Gasteiger charge is -2.20. The van der Waals surface area contributed by atoms with Crippen LogP contribution in [-0.4, -0.2) is 39.9 Å². The monoisotopic (exact) mass is 390 g/mol. The molecule has 4 rings (SSSR count). The SMILES string of the molecule is Cc1cccc([C@H](Cc2cc(N(C)C)nc(C3CC3)n2)NC(=O)c2ncc[nH]2)c1. The van der Waals surface area contributed by atoms with Crippen molar-refractivity contribution in [3.63, 3.8) is 0 Å². The molecule has 7 nitrogen and oxygen atoms in total. The van der Waals surface area contributed by atoms with Gasteiger partial charge in [-0.3, -0.25) is 4.79 Å². The molecule has 1 aliphatic carbocycles. The van der Waals surface area contributed by atoms with Crippen LogP contribution < -0.4 is 10.2 Å². The van der Waals surface area contributed by atoms with Crippen molar-refractivity contribution in [2.75, 3.05) is 19.0 Å². The zero-order chi connectivity index (χ0) is 20.4. The van der Waals surface area contributed by atoms with Crippen molar-refractivity contribution in [1.82, 2.24) is 25.3 Å². The van der Waals surface area contributed by atoms with Crippen molar-refractivity contribution in [1.29, 1.82) is 0 Å². The molecule has 1 saturated carbocycles. The van der Waals surface area contributed by atoms with E-state index < -0.39 is 0 Å². The third-order valence-corrected chi connectivity index (χ3v) is 5.06. The normalized spacial score (nSPS) is 14.4. The van der Waals surface area contributed by atoms with Gasteiger partial charge in [-0.1, -0.05) is 29.8 Å². The van der Waals surface area contributed by atoms with E-state index in [1.54, 1.807) is 12.4 Å². The Labute approximate surface area is 170 Å². The van der Waals surface area contributed by atoms with Gasteiger partial charge in [-0.2, -0.15) is 0 Å². The minimum Gasteiger partial charge on any atom is -0.363 e. The van der Waals surface area contributed by atoms with E-state index in [0.717, 1.165) is 41.3 Å². The van der Waals surface area contributed by atoms with Crippen LogP contribution in [0, 0.1) is 6.92 Å². The number of aromatic nitrogens is 4. The molecule has 2 N–H and O–H groups in total. The predicted molar refractivity (Wildman–Crippen MR) is 112 cm³/mol. The number of imidazole rings is 1. The van der Waals surface area contributed by atoms with E-state index in [2.05, 4.69) is 34.3 Å². The summed E-state index contributed by atoms with van der Waals surface area (Å²) in [6, 6.07) is 9.99. The number of aryl methyl sites for hydroxylation is 1. The number of benzene rings is 1. The lowest BCUT2D eigenvalue weighted by Crippen LogP contribution is -2.31. The summed E-state index contributed by atoms with van der Waals surface area (Å²) in [5, 5.41) is 3.12. The number of aromatic amines is 1. The maximum Gasteiger partial charge on any atom is 0.287 e. The largest absolute Gasteiger partial charge is 0.363 e. The Hall–Kier alpha value is -3.22.